The number of anilines is 1. The second kappa shape index (κ2) is 12.3. The minimum absolute atomic E-state index is 0.207. The van der Waals surface area contributed by atoms with Gasteiger partial charge in [0, 0.05) is 11.3 Å². The molecule has 1 amide bonds. The summed E-state index contributed by atoms with van der Waals surface area (Å²) in [5, 5.41) is 2.81. The Bertz CT molecular complexity index is 1360. The molecule has 0 saturated heterocycles. The zero-order chi connectivity index (χ0) is 26.0. The van der Waals surface area contributed by atoms with Gasteiger partial charge in [-0.3, -0.25) is 4.79 Å². The molecule has 188 valence electrons. The summed E-state index contributed by atoms with van der Waals surface area (Å²) >= 11 is 0. The number of ether oxygens (including phenoxy) is 4. The highest BCUT2D eigenvalue weighted by Crippen LogP contribution is 2.30. The highest BCUT2D eigenvalue weighted by Gasteiger charge is 2.17. The molecule has 0 aromatic heterocycles. The van der Waals surface area contributed by atoms with Crippen molar-refractivity contribution in [3.63, 3.8) is 0 Å². The van der Waals surface area contributed by atoms with Crippen LogP contribution < -0.4 is 19.5 Å². The summed E-state index contributed by atoms with van der Waals surface area (Å²) in [6, 6.07) is 29.1. The van der Waals surface area contributed by atoms with Gasteiger partial charge >= 0.3 is 5.97 Å². The van der Waals surface area contributed by atoms with Gasteiger partial charge in [-0.2, -0.15) is 0 Å². The van der Waals surface area contributed by atoms with E-state index in [-0.39, 0.29) is 18.1 Å². The van der Waals surface area contributed by atoms with Crippen LogP contribution in [0.2, 0.25) is 0 Å². The molecular formula is C30H27NO6. The third-order valence-electron chi connectivity index (χ3n) is 5.54. The number of carbonyl (C=O) groups is 2. The van der Waals surface area contributed by atoms with Crippen molar-refractivity contribution in [1.29, 1.82) is 0 Å². The number of rotatable bonds is 10. The number of esters is 1. The lowest BCUT2D eigenvalue weighted by atomic mass is 10.1. The van der Waals surface area contributed by atoms with Crippen molar-refractivity contribution in [2.45, 2.75) is 13.2 Å². The summed E-state index contributed by atoms with van der Waals surface area (Å²) in [6.45, 7) is 0.659. The van der Waals surface area contributed by atoms with Crippen molar-refractivity contribution >= 4 is 17.6 Å². The molecule has 0 saturated carbocycles. The maximum absolute atomic E-state index is 13.0. The Morgan fingerprint density at radius 2 is 1.27 bits per heavy atom. The first-order valence-electron chi connectivity index (χ1n) is 11.6. The highest BCUT2D eigenvalue weighted by molar-refractivity contribution is 6.05. The predicted octanol–water partition coefficient (Wildman–Crippen LogP) is 5.89. The Labute approximate surface area is 215 Å². The van der Waals surface area contributed by atoms with Gasteiger partial charge in [0.1, 0.15) is 24.5 Å². The average molecular weight is 498 g/mol. The SMILES string of the molecule is COC(=O)c1cc(NC(=O)c2ccc(OCc3ccccc3)c(OC)c2)ccc1OCc1ccccc1. The molecule has 4 aromatic carbocycles. The van der Waals surface area contributed by atoms with Crippen LogP contribution in [0, 0.1) is 0 Å². The molecule has 37 heavy (non-hydrogen) atoms. The van der Waals surface area contributed by atoms with Crippen LogP contribution in [0.25, 0.3) is 0 Å². The third kappa shape index (κ3) is 6.67. The van der Waals surface area contributed by atoms with E-state index in [1.807, 2.05) is 60.7 Å². The zero-order valence-electron chi connectivity index (χ0n) is 20.6. The quantitative estimate of drug-likeness (QED) is 0.275. The van der Waals surface area contributed by atoms with Gasteiger partial charge in [0.25, 0.3) is 5.91 Å². The van der Waals surface area contributed by atoms with Gasteiger partial charge in [-0.1, -0.05) is 60.7 Å². The molecule has 0 spiro atoms. The normalized spacial score (nSPS) is 10.3. The summed E-state index contributed by atoms with van der Waals surface area (Å²) in [6.07, 6.45) is 0. The molecule has 0 aliphatic rings. The smallest absolute Gasteiger partial charge is 0.341 e. The summed E-state index contributed by atoms with van der Waals surface area (Å²) in [5.41, 5.74) is 2.97. The number of nitrogens with one attached hydrogen (secondary N) is 1. The lowest BCUT2D eigenvalue weighted by Gasteiger charge is -2.14. The molecule has 7 nitrogen and oxygen atoms in total. The van der Waals surface area contributed by atoms with E-state index in [1.54, 1.807) is 30.3 Å². The van der Waals surface area contributed by atoms with Crippen LogP contribution in [0.4, 0.5) is 5.69 Å². The van der Waals surface area contributed by atoms with Gasteiger partial charge in [0.15, 0.2) is 11.5 Å². The van der Waals surface area contributed by atoms with E-state index >= 15 is 0 Å². The van der Waals surface area contributed by atoms with Crippen molar-refractivity contribution < 1.29 is 28.5 Å². The van der Waals surface area contributed by atoms with Gasteiger partial charge in [-0.15, -0.1) is 0 Å². The first-order valence-corrected chi connectivity index (χ1v) is 11.6. The van der Waals surface area contributed by atoms with Crippen molar-refractivity contribution in [2.24, 2.45) is 0 Å². The molecule has 0 atom stereocenters. The van der Waals surface area contributed by atoms with Crippen LogP contribution >= 0.6 is 0 Å². The summed E-state index contributed by atoms with van der Waals surface area (Å²) < 4.78 is 22.1. The summed E-state index contributed by atoms with van der Waals surface area (Å²) in [7, 11) is 2.81. The maximum atomic E-state index is 13.0. The van der Waals surface area contributed by atoms with Gasteiger partial charge < -0.3 is 24.3 Å². The molecule has 4 aromatic rings. The summed E-state index contributed by atoms with van der Waals surface area (Å²) in [4.78, 5) is 25.4. The van der Waals surface area contributed by atoms with E-state index in [0.29, 0.717) is 35.1 Å². The first-order chi connectivity index (χ1) is 18.1. The van der Waals surface area contributed by atoms with E-state index in [4.69, 9.17) is 18.9 Å². The zero-order valence-corrected chi connectivity index (χ0v) is 20.6. The fourth-order valence-electron chi connectivity index (χ4n) is 3.61. The minimum atomic E-state index is -0.569. The standard InChI is InChI=1S/C30H27NO6/c1-34-28-17-23(13-15-27(28)37-20-22-11-7-4-8-12-22)29(32)31-24-14-16-26(25(18-24)30(33)35-2)36-19-21-9-5-3-6-10-21/h3-18H,19-20H2,1-2H3,(H,31,32). The van der Waals surface area contributed by atoms with Crippen molar-refractivity contribution in [3.05, 3.63) is 119 Å². The molecule has 0 heterocycles. The number of hydrogen-bond acceptors (Lipinski definition) is 6. The molecule has 0 aliphatic heterocycles. The Morgan fingerprint density at radius 1 is 0.676 bits per heavy atom. The lowest BCUT2D eigenvalue weighted by Crippen LogP contribution is -2.13. The van der Waals surface area contributed by atoms with Gasteiger partial charge in [0.2, 0.25) is 0 Å². The van der Waals surface area contributed by atoms with E-state index < -0.39 is 5.97 Å². The maximum Gasteiger partial charge on any atom is 0.341 e. The molecule has 0 unspecified atom stereocenters. The number of carbonyl (C=O) groups excluding carboxylic acids is 2. The van der Waals surface area contributed by atoms with Gasteiger partial charge in [0.05, 0.1) is 14.2 Å². The first kappa shape index (κ1) is 25.3. The fourth-order valence-corrected chi connectivity index (χ4v) is 3.61. The average Bonchev–Trinajstić information content (AvgIpc) is 2.95. The Morgan fingerprint density at radius 3 is 1.86 bits per heavy atom. The van der Waals surface area contributed by atoms with Crippen LogP contribution in [0.15, 0.2) is 97.1 Å². The topological polar surface area (TPSA) is 83.1 Å². The number of methoxy groups -OCH3 is 2. The number of amides is 1. The predicted molar refractivity (Wildman–Crippen MR) is 140 cm³/mol. The molecule has 4 rings (SSSR count). The molecule has 7 heteroatoms. The third-order valence-corrected chi connectivity index (χ3v) is 5.54. The van der Waals surface area contributed by atoms with Crippen LogP contribution in [0.1, 0.15) is 31.8 Å². The Balaban J connectivity index is 1.47. The summed E-state index contributed by atoms with van der Waals surface area (Å²) in [5.74, 6) is 0.372. The van der Waals surface area contributed by atoms with E-state index in [2.05, 4.69) is 5.32 Å². The molecule has 1 N–H and O–H groups in total. The molecule has 0 radical (unpaired) electrons. The van der Waals surface area contributed by atoms with Crippen LogP contribution in [0.5, 0.6) is 17.2 Å². The second-order valence-corrected chi connectivity index (χ2v) is 8.07. The van der Waals surface area contributed by atoms with Crippen LogP contribution in [-0.4, -0.2) is 26.1 Å². The Hall–Kier alpha value is -4.78. The monoisotopic (exact) mass is 497 g/mol. The highest BCUT2D eigenvalue weighted by atomic mass is 16.5. The second-order valence-electron chi connectivity index (χ2n) is 8.07. The number of hydrogen-bond donors (Lipinski definition) is 1. The van der Waals surface area contributed by atoms with Gasteiger partial charge in [-0.25, -0.2) is 4.79 Å². The Kier molecular flexibility index (Phi) is 8.39. The van der Waals surface area contributed by atoms with Crippen molar-refractivity contribution in [1.82, 2.24) is 0 Å². The molecule has 0 fully saturated rings. The molecule has 0 bridgehead atoms. The van der Waals surface area contributed by atoms with E-state index in [0.717, 1.165) is 11.1 Å². The van der Waals surface area contributed by atoms with Crippen LogP contribution in [-0.2, 0) is 18.0 Å². The van der Waals surface area contributed by atoms with Crippen molar-refractivity contribution in [3.8, 4) is 17.2 Å². The lowest BCUT2D eigenvalue weighted by molar-refractivity contribution is 0.0595. The minimum Gasteiger partial charge on any atom is -0.493 e. The van der Waals surface area contributed by atoms with Crippen LogP contribution in [0.3, 0.4) is 0 Å². The number of benzene rings is 4. The molecule has 0 aliphatic carbocycles. The van der Waals surface area contributed by atoms with Crippen molar-refractivity contribution in [2.75, 3.05) is 19.5 Å². The largest absolute Gasteiger partial charge is 0.493 e. The van der Waals surface area contributed by atoms with E-state index in [9.17, 15) is 9.59 Å². The molecular weight excluding hydrogens is 470 g/mol. The van der Waals surface area contributed by atoms with E-state index in [1.165, 1.54) is 20.3 Å². The van der Waals surface area contributed by atoms with Gasteiger partial charge in [-0.05, 0) is 47.5 Å². The fraction of sp³-hybridized carbons (Fsp3) is 0.133.